The fourth-order valence-electron chi connectivity index (χ4n) is 1.41. The Morgan fingerprint density at radius 2 is 2.28 bits per heavy atom. The number of hydrogen-bond donors (Lipinski definition) is 1. The Balaban J connectivity index is 2.01. The molecule has 0 bridgehead atoms. The van der Waals surface area contributed by atoms with Gasteiger partial charge in [0.25, 0.3) is 5.91 Å². The zero-order valence-corrected chi connectivity index (χ0v) is 11.0. The third kappa shape index (κ3) is 2.81. The quantitative estimate of drug-likeness (QED) is 0.680. The summed E-state index contributed by atoms with van der Waals surface area (Å²) >= 11 is 1.56. The Bertz CT molecular complexity index is 575. The molecule has 0 aliphatic rings. The molecule has 0 spiro atoms. The van der Waals surface area contributed by atoms with E-state index in [1.54, 1.807) is 17.5 Å². The van der Waals surface area contributed by atoms with Gasteiger partial charge in [-0.25, -0.2) is 5.43 Å². The van der Waals surface area contributed by atoms with Gasteiger partial charge in [-0.1, -0.05) is 6.07 Å². The molecule has 0 aromatic carbocycles. The van der Waals surface area contributed by atoms with Crippen LogP contribution in [-0.4, -0.2) is 17.1 Å². The zero-order valence-electron chi connectivity index (χ0n) is 10.2. The number of carbonyl (C=O) groups excluding carboxylic acids is 1. The van der Waals surface area contributed by atoms with Crippen molar-refractivity contribution in [2.75, 3.05) is 0 Å². The molecule has 2 aromatic rings. The number of amides is 1. The Morgan fingerprint density at radius 3 is 2.89 bits per heavy atom. The second kappa shape index (κ2) is 5.55. The Morgan fingerprint density at radius 1 is 1.44 bits per heavy atom. The van der Waals surface area contributed by atoms with Crippen molar-refractivity contribution in [3.8, 4) is 0 Å². The smallest absolute Gasteiger partial charge is 0.267 e. The predicted octanol–water partition coefficient (Wildman–Crippen LogP) is 2.52. The van der Waals surface area contributed by atoms with E-state index in [-0.39, 0.29) is 5.91 Å². The van der Waals surface area contributed by atoms with Crippen LogP contribution in [0.15, 0.2) is 34.9 Å². The minimum absolute atomic E-state index is 0.191. The van der Waals surface area contributed by atoms with Crippen LogP contribution in [0, 0.1) is 13.8 Å². The highest BCUT2D eigenvalue weighted by Gasteiger charge is 2.11. The number of hydrogen-bond acceptors (Lipinski definition) is 4. The summed E-state index contributed by atoms with van der Waals surface area (Å²) in [5.74, 6) is -0.191. The molecule has 0 unspecified atom stereocenters. The van der Waals surface area contributed by atoms with Gasteiger partial charge in [-0.15, -0.1) is 11.3 Å². The SMILES string of the molecule is Cc1scc(C(=O)N/N=C/c2ccccn2)c1C. The lowest BCUT2D eigenvalue weighted by Crippen LogP contribution is -2.17. The average Bonchev–Trinajstić information content (AvgIpc) is 2.71. The zero-order chi connectivity index (χ0) is 13.0. The van der Waals surface area contributed by atoms with Crippen molar-refractivity contribution in [2.45, 2.75) is 13.8 Å². The van der Waals surface area contributed by atoms with Crippen LogP contribution in [0.5, 0.6) is 0 Å². The predicted molar refractivity (Wildman–Crippen MR) is 73.1 cm³/mol. The molecule has 0 aliphatic heterocycles. The van der Waals surface area contributed by atoms with Gasteiger partial charge < -0.3 is 0 Å². The van der Waals surface area contributed by atoms with Gasteiger partial charge in [-0.05, 0) is 31.5 Å². The maximum absolute atomic E-state index is 11.8. The summed E-state index contributed by atoms with van der Waals surface area (Å²) < 4.78 is 0. The Kier molecular flexibility index (Phi) is 3.84. The second-order valence-electron chi connectivity index (χ2n) is 3.78. The molecule has 2 heterocycles. The summed E-state index contributed by atoms with van der Waals surface area (Å²) in [4.78, 5) is 17.0. The van der Waals surface area contributed by atoms with Gasteiger partial charge >= 0.3 is 0 Å². The van der Waals surface area contributed by atoms with Crippen LogP contribution >= 0.6 is 11.3 Å². The number of nitrogens with zero attached hydrogens (tertiary/aromatic N) is 2. The van der Waals surface area contributed by atoms with Crippen LogP contribution in [0.1, 0.15) is 26.5 Å². The molecule has 0 atom stereocenters. The fraction of sp³-hybridized carbons (Fsp3) is 0.154. The van der Waals surface area contributed by atoms with Crippen molar-refractivity contribution in [3.63, 3.8) is 0 Å². The lowest BCUT2D eigenvalue weighted by atomic mass is 10.2. The van der Waals surface area contributed by atoms with Gasteiger partial charge in [0.1, 0.15) is 0 Å². The summed E-state index contributed by atoms with van der Waals surface area (Å²) in [6.45, 7) is 3.93. The van der Waals surface area contributed by atoms with E-state index in [0.29, 0.717) is 11.3 Å². The van der Waals surface area contributed by atoms with E-state index in [4.69, 9.17) is 0 Å². The van der Waals surface area contributed by atoms with Gasteiger partial charge in [0.05, 0.1) is 17.5 Å². The first-order chi connectivity index (χ1) is 8.68. The minimum atomic E-state index is -0.191. The topological polar surface area (TPSA) is 54.4 Å². The van der Waals surface area contributed by atoms with Crippen LogP contribution in [0.3, 0.4) is 0 Å². The summed E-state index contributed by atoms with van der Waals surface area (Å²) in [6.07, 6.45) is 3.20. The summed E-state index contributed by atoms with van der Waals surface area (Å²) in [6, 6.07) is 5.51. The Labute approximate surface area is 109 Å². The number of carbonyl (C=O) groups is 1. The first kappa shape index (κ1) is 12.4. The van der Waals surface area contributed by atoms with Gasteiger partial charge in [0.2, 0.25) is 0 Å². The van der Waals surface area contributed by atoms with E-state index < -0.39 is 0 Å². The number of thiophene rings is 1. The van der Waals surface area contributed by atoms with Crippen LogP contribution in [0.25, 0.3) is 0 Å². The fourth-order valence-corrected chi connectivity index (χ4v) is 2.27. The van der Waals surface area contributed by atoms with Crippen LogP contribution < -0.4 is 5.43 Å². The van der Waals surface area contributed by atoms with Crippen molar-refractivity contribution in [2.24, 2.45) is 5.10 Å². The molecule has 2 rings (SSSR count). The van der Waals surface area contributed by atoms with Crippen molar-refractivity contribution >= 4 is 23.5 Å². The number of aryl methyl sites for hydroxylation is 1. The molecule has 18 heavy (non-hydrogen) atoms. The number of rotatable bonds is 3. The van der Waals surface area contributed by atoms with E-state index in [1.165, 1.54) is 6.21 Å². The van der Waals surface area contributed by atoms with Gasteiger partial charge in [0, 0.05) is 16.5 Å². The molecule has 0 aliphatic carbocycles. The normalized spacial score (nSPS) is 10.8. The van der Waals surface area contributed by atoms with Crippen LogP contribution in [-0.2, 0) is 0 Å². The highest BCUT2D eigenvalue weighted by atomic mass is 32.1. The highest BCUT2D eigenvalue weighted by molar-refractivity contribution is 7.10. The number of hydrazone groups is 1. The third-order valence-corrected chi connectivity index (χ3v) is 3.59. The van der Waals surface area contributed by atoms with E-state index in [1.807, 2.05) is 37.4 Å². The van der Waals surface area contributed by atoms with Crippen molar-refractivity contribution in [1.82, 2.24) is 10.4 Å². The average molecular weight is 259 g/mol. The summed E-state index contributed by atoms with van der Waals surface area (Å²) in [5, 5.41) is 5.73. The van der Waals surface area contributed by atoms with Crippen LogP contribution in [0.4, 0.5) is 0 Å². The molecule has 1 amide bonds. The molecule has 1 N–H and O–H groups in total. The second-order valence-corrected chi connectivity index (χ2v) is 4.87. The van der Waals surface area contributed by atoms with Crippen LogP contribution in [0.2, 0.25) is 0 Å². The lowest BCUT2D eigenvalue weighted by Gasteiger charge is -1.98. The minimum Gasteiger partial charge on any atom is -0.267 e. The monoisotopic (exact) mass is 259 g/mol. The largest absolute Gasteiger partial charge is 0.272 e. The van der Waals surface area contributed by atoms with Gasteiger partial charge in [0.15, 0.2) is 0 Å². The molecule has 92 valence electrons. The maximum Gasteiger partial charge on any atom is 0.272 e. The lowest BCUT2D eigenvalue weighted by molar-refractivity contribution is 0.0955. The van der Waals surface area contributed by atoms with E-state index in [0.717, 1.165) is 10.4 Å². The molecule has 0 saturated heterocycles. The summed E-state index contributed by atoms with van der Waals surface area (Å²) in [5.41, 5.74) is 4.89. The molecule has 0 fully saturated rings. The van der Waals surface area contributed by atoms with E-state index in [2.05, 4.69) is 15.5 Å². The van der Waals surface area contributed by atoms with Gasteiger partial charge in [-0.2, -0.15) is 5.10 Å². The van der Waals surface area contributed by atoms with Crippen molar-refractivity contribution in [1.29, 1.82) is 0 Å². The highest BCUT2D eigenvalue weighted by Crippen LogP contribution is 2.20. The van der Waals surface area contributed by atoms with E-state index >= 15 is 0 Å². The number of pyridine rings is 1. The molecule has 5 heteroatoms. The van der Waals surface area contributed by atoms with Crippen molar-refractivity contribution < 1.29 is 4.79 Å². The van der Waals surface area contributed by atoms with E-state index in [9.17, 15) is 4.79 Å². The molecule has 0 saturated carbocycles. The van der Waals surface area contributed by atoms with Crippen molar-refractivity contribution in [3.05, 3.63) is 51.5 Å². The first-order valence-electron chi connectivity index (χ1n) is 5.47. The molecule has 0 radical (unpaired) electrons. The standard InChI is InChI=1S/C13H13N3OS/c1-9-10(2)18-8-12(9)13(17)16-15-7-11-5-3-4-6-14-11/h3-8H,1-2H3,(H,16,17)/b15-7+. The number of nitrogens with one attached hydrogen (secondary N) is 1. The summed E-state index contributed by atoms with van der Waals surface area (Å²) in [7, 11) is 0. The molecule has 2 aromatic heterocycles. The maximum atomic E-state index is 11.8. The number of aromatic nitrogens is 1. The van der Waals surface area contributed by atoms with Gasteiger partial charge in [-0.3, -0.25) is 9.78 Å². The molecular formula is C13H13N3OS. The Hall–Kier alpha value is -2.01. The first-order valence-corrected chi connectivity index (χ1v) is 6.35. The third-order valence-electron chi connectivity index (χ3n) is 2.58. The molecular weight excluding hydrogens is 246 g/mol. The molecule has 4 nitrogen and oxygen atoms in total.